The number of sulfonamides is 1. The fourth-order valence-electron chi connectivity index (χ4n) is 4.69. The van der Waals surface area contributed by atoms with Crippen LogP contribution in [-0.4, -0.2) is 72.3 Å². The number of nitrogen functional groups attached to an aromatic ring is 1. The lowest BCUT2D eigenvalue weighted by atomic mass is 10.2. The summed E-state index contributed by atoms with van der Waals surface area (Å²) in [5.74, 6) is -0.703. The second kappa shape index (κ2) is 11.9. The Morgan fingerprint density at radius 1 is 1.00 bits per heavy atom. The van der Waals surface area contributed by atoms with E-state index in [2.05, 4.69) is 4.98 Å². The van der Waals surface area contributed by atoms with Gasteiger partial charge in [0.25, 0.3) is 5.56 Å². The van der Waals surface area contributed by atoms with E-state index in [1.54, 1.807) is 36.1 Å². The number of aromatic amines is 1. The summed E-state index contributed by atoms with van der Waals surface area (Å²) in [6.07, 6.45) is -4.84. The molecule has 0 radical (unpaired) electrons. The lowest BCUT2D eigenvalue weighted by molar-refractivity contribution is -0.140. The number of aromatic nitrogens is 2. The van der Waals surface area contributed by atoms with E-state index in [0.717, 1.165) is 37.5 Å². The van der Waals surface area contributed by atoms with Crippen LogP contribution in [0.1, 0.15) is 18.1 Å². The Kier molecular flexibility index (Phi) is 8.70. The van der Waals surface area contributed by atoms with Crippen molar-refractivity contribution in [3.05, 3.63) is 86.6 Å². The standard InChI is InChI=1S/C26H29F3N6O5S/c1-2-34(22-23(30)35(25(38)31-24(22)37)16-18-8-4-3-5-9-18)21(36)17-32-12-14-33(15-13-32)41(39,40)20-11-7-6-10-19(20)26(27,28)29/h3-11H,2,12-17,30H2,1H3,(H,31,37,38). The molecule has 4 rings (SSSR count). The minimum Gasteiger partial charge on any atom is -0.383 e. The summed E-state index contributed by atoms with van der Waals surface area (Å²) in [6, 6.07) is 12.9. The molecular formula is C26H29F3N6O5S. The molecule has 1 aliphatic heterocycles. The molecule has 0 aliphatic carbocycles. The first-order chi connectivity index (χ1) is 19.3. The van der Waals surface area contributed by atoms with Crippen molar-refractivity contribution in [2.45, 2.75) is 24.5 Å². The number of nitrogens with one attached hydrogen (secondary N) is 1. The van der Waals surface area contributed by atoms with Crippen molar-refractivity contribution < 1.29 is 26.4 Å². The molecule has 0 saturated carbocycles. The van der Waals surface area contributed by atoms with E-state index in [1.165, 1.54) is 6.07 Å². The zero-order valence-corrected chi connectivity index (χ0v) is 22.9. The summed E-state index contributed by atoms with van der Waals surface area (Å²) in [6.45, 7) is 1.39. The Bertz CT molecular complexity index is 1630. The van der Waals surface area contributed by atoms with Crippen molar-refractivity contribution in [1.29, 1.82) is 0 Å². The van der Waals surface area contributed by atoms with Crippen molar-refractivity contribution >= 4 is 27.4 Å². The van der Waals surface area contributed by atoms with Crippen LogP contribution in [0, 0.1) is 0 Å². The quantitative estimate of drug-likeness (QED) is 0.403. The molecule has 11 nitrogen and oxygen atoms in total. The normalized spacial score (nSPS) is 15.1. The van der Waals surface area contributed by atoms with E-state index in [0.29, 0.717) is 0 Å². The van der Waals surface area contributed by atoms with Gasteiger partial charge in [-0.1, -0.05) is 42.5 Å². The van der Waals surface area contributed by atoms with Crippen LogP contribution in [0.25, 0.3) is 0 Å². The van der Waals surface area contributed by atoms with Crippen LogP contribution >= 0.6 is 0 Å². The summed E-state index contributed by atoms with van der Waals surface area (Å²) in [5.41, 5.74) is 3.99. The third-order valence-electron chi connectivity index (χ3n) is 6.79. The molecule has 3 N–H and O–H groups in total. The predicted octanol–water partition coefficient (Wildman–Crippen LogP) is 1.55. The first-order valence-electron chi connectivity index (χ1n) is 12.7. The number of hydrogen-bond donors (Lipinski definition) is 2. The monoisotopic (exact) mass is 594 g/mol. The predicted molar refractivity (Wildman–Crippen MR) is 146 cm³/mol. The van der Waals surface area contributed by atoms with Gasteiger partial charge in [-0.3, -0.25) is 24.0 Å². The Morgan fingerprint density at radius 2 is 1.61 bits per heavy atom. The zero-order chi connectivity index (χ0) is 29.9. The number of carbonyl (C=O) groups is 1. The molecule has 2 aromatic carbocycles. The molecule has 0 bridgehead atoms. The Balaban J connectivity index is 1.49. The number of likely N-dealkylation sites (N-methyl/N-ethyl adjacent to an activating group) is 1. The van der Waals surface area contributed by atoms with Crippen LogP contribution in [0.4, 0.5) is 24.7 Å². The van der Waals surface area contributed by atoms with Crippen molar-refractivity contribution in [3.63, 3.8) is 0 Å². The number of carbonyl (C=O) groups excluding carboxylic acids is 1. The number of nitrogens with zero attached hydrogens (tertiary/aromatic N) is 4. The molecule has 220 valence electrons. The summed E-state index contributed by atoms with van der Waals surface area (Å²) < 4.78 is 68.5. The average molecular weight is 595 g/mol. The number of piperazine rings is 1. The largest absolute Gasteiger partial charge is 0.417 e. The van der Waals surface area contributed by atoms with Crippen LogP contribution in [0.5, 0.6) is 0 Å². The van der Waals surface area contributed by atoms with Gasteiger partial charge in [0.1, 0.15) is 5.82 Å². The molecule has 1 aromatic heterocycles. The van der Waals surface area contributed by atoms with Gasteiger partial charge in [-0.25, -0.2) is 13.2 Å². The highest BCUT2D eigenvalue weighted by atomic mass is 32.2. The van der Waals surface area contributed by atoms with Crippen LogP contribution in [-0.2, 0) is 27.5 Å². The number of rotatable bonds is 8. The lowest BCUT2D eigenvalue weighted by Crippen LogP contribution is -2.52. The summed E-state index contributed by atoms with van der Waals surface area (Å²) in [7, 11) is -4.44. The van der Waals surface area contributed by atoms with Crippen molar-refractivity contribution in [2.75, 3.05) is 49.9 Å². The SMILES string of the molecule is CCN(C(=O)CN1CCN(S(=O)(=O)c2ccccc2C(F)(F)F)CC1)c1c(N)n(Cc2ccccc2)c(=O)[nH]c1=O. The van der Waals surface area contributed by atoms with Gasteiger partial charge in [0.05, 0.1) is 23.5 Å². The fraction of sp³-hybridized carbons (Fsp3) is 0.346. The molecule has 0 unspecified atom stereocenters. The van der Waals surface area contributed by atoms with Gasteiger partial charge in [-0.15, -0.1) is 0 Å². The average Bonchev–Trinajstić information content (AvgIpc) is 2.93. The molecule has 1 aliphatic rings. The fourth-order valence-corrected chi connectivity index (χ4v) is 6.32. The maximum atomic E-state index is 13.4. The van der Waals surface area contributed by atoms with E-state index in [1.807, 2.05) is 6.07 Å². The van der Waals surface area contributed by atoms with Crippen LogP contribution < -0.4 is 21.9 Å². The molecule has 1 amide bonds. The van der Waals surface area contributed by atoms with Crippen LogP contribution in [0.15, 0.2) is 69.1 Å². The number of hydrogen-bond acceptors (Lipinski definition) is 7. The van der Waals surface area contributed by atoms with Gasteiger partial charge in [0.15, 0.2) is 5.69 Å². The number of alkyl halides is 3. The van der Waals surface area contributed by atoms with Crippen molar-refractivity contribution in [2.24, 2.45) is 0 Å². The number of anilines is 2. The van der Waals surface area contributed by atoms with Gasteiger partial charge in [0, 0.05) is 32.7 Å². The summed E-state index contributed by atoms with van der Waals surface area (Å²) in [5, 5.41) is 0. The topological polar surface area (TPSA) is 142 Å². The number of benzene rings is 2. The maximum absolute atomic E-state index is 13.4. The second-order valence-electron chi connectivity index (χ2n) is 9.38. The first-order valence-corrected chi connectivity index (χ1v) is 14.1. The van der Waals surface area contributed by atoms with Crippen LogP contribution in [0.2, 0.25) is 0 Å². The van der Waals surface area contributed by atoms with Crippen molar-refractivity contribution in [3.8, 4) is 0 Å². The minimum absolute atomic E-state index is 0.0538. The molecule has 41 heavy (non-hydrogen) atoms. The van der Waals surface area contributed by atoms with E-state index >= 15 is 0 Å². The number of H-pyrrole nitrogens is 1. The molecule has 0 spiro atoms. The molecule has 0 atom stereocenters. The van der Waals surface area contributed by atoms with Gasteiger partial charge >= 0.3 is 11.9 Å². The molecular weight excluding hydrogens is 565 g/mol. The van der Waals surface area contributed by atoms with Gasteiger partial charge in [0.2, 0.25) is 15.9 Å². The Hall–Kier alpha value is -3.95. The van der Waals surface area contributed by atoms with Gasteiger partial charge < -0.3 is 10.6 Å². The van der Waals surface area contributed by atoms with Gasteiger partial charge in [-0.2, -0.15) is 17.5 Å². The number of halogens is 3. The van der Waals surface area contributed by atoms with E-state index in [9.17, 15) is 36.0 Å². The third kappa shape index (κ3) is 6.36. The van der Waals surface area contributed by atoms with Crippen LogP contribution in [0.3, 0.4) is 0 Å². The Labute approximate surface area is 233 Å². The number of nitrogens with two attached hydrogens (primary N) is 1. The molecule has 1 saturated heterocycles. The highest BCUT2D eigenvalue weighted by Gasteiger charge is 2.39. The van der Waals surface area contributed by atoms with E-state index in [4.69, 9.17) is 5.73 Å². The molecule has 1 fully saturated rings. The van der Waals surface area contributed by atoms with Crippen molar-refractivity contribution in [1.82, 2.24) is 18.8 Å². The van der Waals surface area contributed by atoms with E-state index < -0.39 is 43.8 Å². The maximum Gasteiger partial charge on any atom is 0.417 e. The minimum atomic E-state index is -4.84. The smallest absolute Gasteiger partial charge is 0.383 e. The lowest BCUT2D eigenvalue weighted by Gasteiger charge is -2.35. The summed E-state index contributed by atoms with van der Waals surface area (Å²) >= 11 is 0. The Morgan fingerprint density at radius 3 is 2.22 bits per heavy atom. The second-order valence-corrected chi connectivity index (χ2v) is 11.3. The first kappa shape index (κ1) is 30.0. The molecule has 15 heteroatoms. The zero-order valence-electron chi connectivity index (χ0n) is 22.1. The summed E-state index contributed by atoms with van der Waals surface area (Å²) in [4.78, 5) is 42.7. The molecule has 3 aromatic rings. The van der Waals surface area contributed by atoms with E-state index in [-0.39, 0.29) is 57.3 Å². The molecule has 2 heterocycles. The highest BCUT2D eigenvalue weighted by Crippen LogP contribution is 2.35. The third-order valence-corrected chi connectivity index (χ3v) is 8.74. The van der Waals surface area contributed by atoms with Gasteiger partial charge in [-0.05, 0) is 24.6 Å². The highest BCUT2D eigenvalue weighted by molar-refractivity contribution is 7.89. The number of amides is 1.